The van der Waals surface area contributed by atoms with Crippen molar-refractivity contribution in [1.29, 1.82) is 0 Å². The minimum atomic E-state index is 0.498. The molecule has 0 fully saturated rings. The Labute approximate surface area is 161 Å². The molecular weight excluding hydrogens is 354 g/mol. The molecule has 1 heterocycles. The predicted octanol–water partition coefficient (Wildman–Crippen LogP) is 6.16. The highest BCUT2D eigenvalue weighted by Crippen LogP contribution is 2.28. The Hall–Kier alpha value is -3.38. The van der Waals surface area contributed by atoms with E-state index in [1.54, 1.807) is 0 Å². The van der Waals surface area contributed by atoms with Gasteiger partial charge in [-0.05, 0) is 31.2 Å². The van der Waals surface area contributed by atoms with Gasteiger partial charge in [0.25, 0.3) is 0 Å². The summed E-state index contributed by atoms with van der Waals surface area (Å²) >= 11 is 1.50. The van der Waals surface area contributed by atoms with Crippen molar-refractivity contribution in [2.75, 3.05) is 5.43 Å². The molecular formula is C21H17N5S. The van der Waals surface area contributed by atoms with Crippen LogP contribution in [0.2, 0.25) is 0 Å². The van der Waals surface area contributed by atoms with Gasteiger partial charge in [0.05, 0.1) is 15.9 Å². The lowest BCUT2D eigenvalue weighted by molar-refractivity contribution is 1.21. The molecule has 27 heavy (non-hydrogen) atoms. The van der Waals surface area contributed by atoms with E-state index >= 15 is 0 Å². The maximum atomic E-state index is 4.49. The first-order valence-corrected chi connectivity index (χ1v) is 9.33. The Kier molecular flexibility index (Phi) is 4.98. The Balaban J connectivity index is 1.65. The van der Waals surface area contributed by atoms with E-state index in [0.717, 1.165) is 21.5 Å². The van der Waals surface area contributed by atoms with Crippen molar-refractivity contribution in [3.05, 3.63) is 90.0 Å². The Morgan fingerprint density at radius 2 is 1.63 bits per heavy atom. The molecule has 0 spiro atoms. The van der Waals surface area contributed by atoms with Crippen LogP contribution < -0.4 is 5.43 Å². The SMILES string of the molecule is Cc1ccc(/C(N=Nc2nc3ccccc3s2)=N/Nc2ccccc2)cc1. The first kappa shape index (κ1) is 17.1. The quantitative estimate of drug-likeness (QED) is 0.202. The van der Waals surface area contributed by atoms with Crippen LogP contribution in [0.15, 0.2) is 94.2 Å². The number of hydrazone groups is 1. The highest BCUT2D eigenvalue weighted by molar-refractivity contribution is 7.21. The van der Waals surface area contributed by atoms with Gasteiger partial charge in [0.15, 0.2) is 0 Å². The summed E-state index contributed by atoms with van der Waals surface area (Å²) in [5.74, 6) is 0.498. The first-order chi connectivity index (χ1) is 13.3. The van der Waals surface area contributed by atoms with Crippen molar-refractivity contribution in [3.63, 3.8) is 0 Å². The van der Waals surface area contributed by atoms with E-state index in [2.05, 4.69) is 25.7 Å². The summed E-state index contributed by atoms with van der Waals surface area (Å²) in [6, 6.07) is 25.7. The van der Waals surface area contributed by atoms with Crippen molar-refractivity contribution < 1.29 is 0 Å². The van der Waals surface area contributed by atoms with Crippen LogP contribution in [0.3, 0.4) is 0 Å². The van der Waals surface area contributed by atoms with Crippen LogP contribution in [0.1, 0.15) is 11.1 Å². The van der Waals surface area contributed by atoms with E-state index in [0.29, 0.717) is 11.0 Å². The third-order valence-corrected chi connectivity index (χ3v) is 4.81. The molecule has 4 aromatic rings. The summed E-state index contributed by atoms with van der Waals surface area (Å²) in [4.78, 5) is 4.49. The first-order valence-electron chi connectivity index (χ1n) is 8.51. The molecule has 0 aliphatic carbocycles. The van der Waals surface area contributed by atoms with Gasteiger partial charge in [-0.2, -0.15) is 5.10 Å². The molecule has 6 heteroatoms. The van der Waals surface area contributed by atoms with Crippen molar-refractivity contribution in [3.8, 4) is 0 Å². The van der Waals surface area contributed by atoms with E-state index in [1.165, 1.54) is 16.9 Å². The van der Waals surface area contributed by atoms with Crippen molar-refractivity contribution in [2.45, 2.75) is 6.92 Å². The van der Waals surface area contributed by atoms with E-state index < -0.39 is 0 Å². The molecule has 0 unspecified atom stereocenters. The molecule has 0 atom stereocenters. The molecule has 0 aliphatic heterocycles. The lowest BCUT2D eigenvalue weighted by Crippen LogP contribution is -2.01. The van der Waals surface area contributed by atoms with Gasteiger partial charge >= 0.3 is 0 Å². The number of nitrogens with one attached hydrogen (secondary N) is 1. The summed E-state index contributed by atoms with van der Waals surface area (Å²) in [6.07, 6.45) is 0. The van der Waals surface area contributed by atoms with Crippen LogP contribution in [0.4, 0.5) is 10.8 Å². The molecule has 0 radical (unpaired) electrons. The van der Waals surface area contributed by atoms with Crippen molar-refractivity contribution in [2.24, 2.45) is 15.3 Å². The second kappa shape index (κ2) is 7.88. The van der Waals surface area contributed by atoms with Gasteiger partial charge in [-0.25, -0.2) is 4.98 Å². The number of aromatic nitrogens is 1. The largest absolute Gasteiger partial charge is 0.276 e. The Morgan fingerprint density at radius 3 is 2.41 bits per heavy atom. The number of thiazole rings is 1. The number of hydrogen-bond donors (Lipinski definition) is 1. The molecule has 1 aromatic heterocycles. The normalized spacial score (nSPS) is 12.0. The van der Waals surface area contributed by atoms with Crippen LogP contribution in [-0.2, 0) is 0 Å². The van der Waals surface area contributed by atoms with Crippen LogP contribution in [0.25, 0.3) is 10.2 Å². The topological polar surface area (TPSA) is 62.0 Å². The van der Waals surface area contributed by atoms with E-state index in [9.17, 15) is 0 Å². The number of rotatable bonds is 4. The number of anilines is 1. The Morgan fingerprint density at radius 1 is 0.889 bits per heavy atom. The number of para-hydroxylation sites is 2. The van der Waals surface area contributed by atoms with Gasteiger partial charge in [-0.1, -0.05) is 71.5 Å². The number of aryl methyl sites for hydroxylation is 1. The smallest absolute Gasteiger partial charge is 0.231 e. The minimum absolute atomic E-state index is 0.498. The molecule has 5 nitrogen and oxygen atoms in total. The summed E-state index contributed by atoms with van der Waals surface area (Å²) in [5, 5.41) is 13.7. The van der Waals surface area contributed by atoms with Crippen LogP contribution in [-0.4, -0.2) is 10.8 Å². The molecule has 0 bridgehead atoms. The Bertz CT molecular complexity index is 1070. The fraction of sp³-hybridized carbons (Fsp3) is 0.0476. The van der Waals surface area contributed by atoms with Gasteiger partial charge in [0.2, 0.25) is 11.0 Å². The number of fused-ring (bicyclic) bond motifs is 1. The molecule has 0 saturated heterocycles. The molecule has 3 aromatic carbocycles. The third kappa shape index (κ3) is 4.24. The van der Waals surface area contributed by atoms with Crippen LogP contribution in [0.5, 0.6) is 0 Å². The van der Waals surface area contributed by atoms with E-state index in [1.807, 2.05) is 85.8 Å². The molecule has 0 aliphatic rings. The van der Waals surface area contributed by atoms with Crippen molar-refractivity contribution >= 4 is 38.2 Å². The minimum Gasteiger partial charge on any atom is -0.276 e. The van der Waals surface area contributed by atoms with Crippen molar-refractivity contribution in [1.82, 2.24) is 4.98 Å². The second-order valence-corrected chi connectivity index (χ2v) is 6.95. The number of hydrogen-bond acceptors (Lipinski definition) is 5. The maximum Gasteiger partial charge on any atom is 0.231 e. The lowest BCUT2D eigenvalue weighted by atomic mass is 10.1. The highest BCUT2D eigenvalue weighted by Gasteiger charge is 2.05. The third-order valence-electron chi connectivity index (χ3n) is 3.89. The average Bonchev–Trinajstić information content (AvgIpc) is 3.13. The summed E-state index contributed by atoms with van der Waals surface area (Å²) in [5.41, 5.74) is 6.91. The number of nitrogens with zero attached hydrogens (tertiary/aromatic N) is 4. The zero-order chi connectivity index (χ0) is 18.5. The molecule has 1 N–H and O–H groups in total. The van der Waals surface area contributed by atoms with E-state index in [4.69, 9.17) is 0 Å². The molecule has 4 rings (SSSR count). The zero-order valence-corrected chi connectivity index (χ0v) is 15.5. The predicted molar refractivity (Wildman–Crippen MR) is 112 cm³/mol. The van der Waals surface area contributed by atoms with Gasteiger partial charge < -0.3 is 0 Å². The van der Waals surface area contributed by atoms with Gasteiger partial charge in [0, 0.05) is 5.56 Å². The zero-order valence-electron chi connectivity index (χ0n) is 14.7. The van der Waals surface area contributed by atoms with Gasteiger partial charge in [0.1, 0.15) is 0 Å². The van der Waals surface area contributed by atoms with Gasteiger partial charge in [-0.3, -0.25) is 5.43 Å². The molecule has 132 valence electrons. The second-order valence-electron chi connectivity index (χ2n) is 5.94. The van der Waals surface area contributed by atoms with Crippen LogP contribution >= 0.6 is 11.3 Å². The monoisotopic (exact) mass is 371 g/mol. The standard InChI is InChI=1S/C21H17N5S/c1-15-11-13-16(14-12-15)20(24-23-17-7-3-2-4-8-17)25-26-21-22-18-9-5-6-10-19(18)27-21/h2-14,23H,1H3/b24-20-,26-25?. The average molecular weight is 371 g/mol. The fourth-order valence-corrected chi connectivity index (χ4v) is 3.26. The highest BCUT2D eigenvalue weighted by atomic mass is 32.1. The summed E-state index contributed by atoms with van der Waals surface area (Å²) < 4.78 is 1.09. The number of azo groups is 1. The fourth-order valence-electron chi connectivity index (χ4n) is 2.47. The number of benzene rings is 3. The molecule has 0 amide bonds. The summed E-state index contributed by atoms with van der Waals surface area (Å²) in [6.45, 7) is 2.05. The maximum absolute atomic E-state index is 4.49. The van der Waals surface area contributed by atoms with Crippen LogP contribution in [0, 0.1) is 6.92 Å². The molecule has 0 saturated carbocycles. The summed E-state index contributed by atoms with van der Waals surface area (Å²) in [7, 11) is 0. The number of amidine groups is 1. The van der Waals surface area contributed by atoms with Gasteiger partial charge in [-0.15, -0.1) is 10.2 Å². The van der Waals surface area contributed by atoms with E-state index in [-0.39, 0.29) is 0 Å². The lowest BCUT2D eigenvalue weighted by Gasteiger charge is -2.03.